The van der Waals surface area contributed by atoms with Crippen LogP contribution in [-0.2, 0) is 4.79 Å². The quantitative estimate of drug-likeness (QED) is 0.384. The zero-order chi connectivity index (χ0) is 11.4. The number of carbonyl (C=O) groups excluding carboxylic acids is 1. The molecule has 0 aromatic heterocycles. The first kappa shape index (κ1) is 14.4. The highest BCUT2D eigenvalue weighted by Crippen LogP contribution is 2.18. The van der Waals surface area contributed by atoms with Gasteiger partial charge in [0.25, 0.3) is 0 Å². The van der Waals surface area contributed by atoms with E-state index in [9.17, 15) is 4.79 Å². The molecule has 1 radical (unpaired) electrons. The van der Waals surface area contributed by atoms with Crippen molar-refractivity contribution in [1.82, 2.24) is 0 Å². The summed E-state index contributed by atoms with van der Waals surface area (Å²) >= 11 is 0. The second-order valence-electron chi connectivity index (χ2n) is 4.23. The van der Waals surface area contributed by atoms with E-state index in [0.717, 1.165) is 0 Å². The number of hydrogen-bond acceptors (Lipinski definition) is 1. The number of unbranched alkanes of at least 4 members (excludes halogenated alkanes) is 4. The summed E-state index contributed by atoms with van der Waals surface area (Å²) in [6.07, 6.45) is 15.6. The fourth-order valence-corrected chi connectivity index (χ4v) is 1.81. The molecule has 0 rings (SSSR count). The van der Waals surface area contributed by atoms with Crippen LogP contribution in [0.4, 0.5) is 0 Å². The van der Waals surface area contributed by atoms with Crippen molar-refractivity contribution in [1.29, 1.82) is 0 Å². The summed E-state index contributed by atoms with van der Waals surface area (Å²) in [5, 5.41) is 0. The van der Waals surface area contributed by atoms with Gasteiger partial charge in [0.05, 0.1) is 0 Å². The van der Waals surface area contributed by atoms with Crippen LogP contribution in [0.1, 0.15) is 65.2 Å². The fourth-order valence-electron chi connectivity index (χ4n) is 1.81. The normalized spacial score (nSPS) is 13.2. The maximum atomic E-state index is 10.1. The molecule has 0 saturated carbocycles. The summed E-state index contributed by atoms with van der Waals surface area (Å²) < 4.78 is 0. The van der Waals surface area contributed by atoms with E-state index in [0.29, 0.717) is 5.92 Å². The van der Waals surface area contributed by atoms with Crippen LogP contribution in [0.2, 0.25) is 0 Å². The van der Waals surface area contributed by atoms with Gasteiger partial charge in [-0.05, 0) is 24.8 Å². The van der Waals surface area contributed by atoms with Crippen LogP contribution in [0.5, 0.6) is 0 Å². The predicted octanol–water partition coefficient (Wildman–Crippen LogP) is 4.43. The Morgan fingerprint density at radius 1 is 1.00 bits per heavy atom. The summed E-state index contributed by atoms with van der Waals surface area (Å²) in [5.41, 5.74) is 0. The molecule has 0 aromatic rings. The minimum atomic E-state index is 0.600. The highest BCUT2D eigenvalue weighted by atomic mass is 16.1. The summed E-state index contributed by atoms with van der Waals surface area (Å²) in [6, 6.07) is 0. The standard InChI is InChI=1S/C14H25O/c1-3-5-7-8-11-14(10-6-4-2)12-9-13-15/h9,12,14H,3-8,10-11H2,1-2H3/b12-9+. The Bertz CT molecular complexity index is 161. The lowest BCUT2D eigenvalue weighted by atomic mass is 9.95. The van der Waals surface area contributed by atoms with Gasteiger partial charge < -0.3 is 0 Å². The van der Waals surface area contributed by atoms with Gasteiger partial charge in [0.1, 0.15) is 0 Å². The second-order valence-corrected chi connectivity index (χ2v) is 4.23. The molecule has 15 heavy (non-hydrogen) atoms. The highest BCUT2D eigenvalue weighted by molar-refractivity contribution is 5.65. The minimum absolute atomic E-state index is 0.600. The molecule has 0 amide bonds. The van der Waals surface area contributed by atoms with Crippen LogP contribution in [0.15, 0.2) is 12.2 Å². The Morgan fingerprint density at radius 2 is 1.67 bits per heavy atom. The Labute approximate surface area is 95.0 Å². The Balaban J connectivity index is 3.68. The first-order chi connectivity index (χ1) is 7.35. The van der Waals surface area contributed by atoms with E-state index in [1.54, 1.807) is 6.08 Å². The Morgan fingerprint density at radius 3 is 2.27 bits per heavy atom. The lowest BCUT2D eigenvalue weighted by molar-refractivity contribution is 0.483. The number of allylic oxidation sites excluding steroid dienone is 2. The fraction of sp³-hybridized carbons (Fsp3) is 0.786. The Kier molecular flexibility index (Phi) is 11.0. The lowest BCUT2D eigenvalue weighted by Crippen LogP contribution is -1.97. The van der Waals surface area contributed by atoms with Crippen molar-refractivity contribution in [3.63, 3.8) is 0 Å². The third kappa shape index (κ3) is 9.71. The highest BCUT2D eigenvalue weighted by Gasteiger charge is 2.03. The molecule has 0 aliphatic heterocycles. The van der Waals surface area contributed by atoms with Crippen molar-refractivity contribution >= 4 is 6.29 Å². The van der Waals surface area contributed by atoms with Crippen LogP contribution < -0.4 is 0 Å². The molecule has 1 atom stereocenters. The van der Waals surface area contributed by atoms with Crippen molar-refractivity contribution in [3.8, 4) is 0 Å². The average Bonchev–Trinajstić information content (AvgIpc) is 2.27. The molecule has 0 fully saturated rings. The van der Waals surface area contributed by atoms with Crippen molar-refractivity contribution in [2.75, 3.05) is 0 Å². The van der Waals surface area contributed by atoms with Crippen LogP contribution in [0.3, 0.4) is 0 Å². The monoisotopic (exact) mass is 209 g/mol. The minimum Gasteiger partial charge on any atom is -0.286 e. The molecule has 1 unspecified atom stereocenters. The van der Waals surface area contributed by atoms with Crippen LogP contribution in [0.25, 0.3) is 0 Å². The molecule has 0 N–H and O–H groups in total. The van der Waals surface area contributed by atoms with E-state index >= 15 is 0 Å². The third-order valence-corrected chi connectivity index (χ3v) is 2.79. The van der Waals surface area contributed by atoms with Gasteiger partial charge in [0, 0.05) is 0 Å². The molecule has 0 aromatic carbocycles. The van der Waals surface area contributed by atoms with Gasteiger partial charge >= 0.3 is 0 Å². The molecule has 0 saturated heterocycles. The van der Waals surface area contributed by atoms with Crippen molar-refractivity contribution < 1.29 is 4.79 Å². The van der Waals surface area contributed by atoms with E-state index in [4.69, 9.17) is 0 Å². The second kappa shape index (κ2) is 11.5. The van der Waals surface area contributed by atoms with Crippen molar-refractivity contribution in [2.45, 2.75) is 65.2 Å². The molecule has 1 heteroatoms. The smallest absolute Gasteiger partial charge is 0.225 e. The van der Waals surface area contributed by atoms with Gasteiger partial charge in [-0.1, -0.05) is 58.4 Å². The Hall–Kier alpha value is -0.590. The van der Waals surface area contributed by atoms with Gasteiger partial charge in [-0.25, -0.2) is 0 Å². The molecule has 0 aliphatic carbocycles. The van der Waals surface area contributed by atoms with E-state index in [1.807, 2.05) is 12.4 Å². The van der Waals surface area contributed by atoms with Gasteiger partial charge in [0.2, 0.25) is 6.29 Å². The predicted molar refractivity (Wildman–Crippen MR) is 66.6 cm³/mol. The van der Waals surface area contributed by atoms with Gasteiger partial charge in [-0.15, -0.1) is 0 Å². The summed E-state index contributed by atoms with van der Waals surface area (Å²) in [6.45, 7) is 4.44. The molecular formula is C14H25O. The largest absolute Gasteiger partial charge is 0.286 e. The zero-order valence-electron chi connectivity index (χ0n) is 10.3. The summed E-state index contributed by atoms with van der Waals surface area (Å²) in [4.78, 5) is 10.1. The van der Waals surface area contributed by atoms with Crippen LogP contribution >= 0.6 is 0 Å². The first-order valence-corrected chi connectivity index (χ1v) is 6.39. The van der Waals surface area contributed by atoms with Gasteiger partial charge in [0.15, 0.2) is 0 Å². The van der Waals surface area contributed by atoms with Crippen LogP contribution in [0, 0.1) is 5.92 Å². The SMILES string of the molecule is CCCCCCC(/C=C/[C]=O)CCCC. The number of rotatable bonds is 10. The van der Waals surface area contributed by atoms with E-state index in [1.165, 1.54) is 51.4 Å². The zero-order valence-corrected chi connectivity index (χ0v) is 10.3. The lowest BCUT2D eigenvalue weighted by Gasteiger charge is -2.11. The number of hydrogen-bond donors (Lipinski definition) is 0. The molecule has 0 spiro atoms. The van der Waals surface area contributed by atoms with E-state index in [2.05, 4.69) is 13.8 Å². The molecular weight excluding hydrogens is 184 g/mol. The summed E-state index contributed by atoms with van der Waals surface area (Å²) in [7, 11) is 0. The average molecular weight is 209 g/mol. The van der Waals surface area contributed by atoms with Gasteiger partial charge in [-0.3, -0.25) is 4.79 Å². The maximum absolute atomic E-state index is 10.1. The molecule has 0 bridgehead atoms. The molecule has 0 heterocycles. The van der Waals surface area contributed by atoms with Gasteiger partial charge in [-0.2, -0.15) is 0 Å². The third-order valence-electron chi connectivity index (χ3n) is 2.79. The maximum Gasteiger partial charge on any atom is 0.225 e. The van der Waals surface area contributed by atoms with Crippen molar-refractivity contribution in [2.24, 2.45) is 5.92 Å². The topological polar surface area (TPSA) is 17.1 Å². The molecule has 0 aliphatic rings. The summed E-state index contributed by atoms with van der Waals surface area (Å²) in [5.74, 6) is 0.600. The van der Waals surface area contributed by atoms with Crippen molar-refractivity contribution in [3.05, 3.63) is 12.2 Å². The molecule has 87 valence electrons. The first-order valence-electron chi connectivity index (χ1n) is 6.39. The van der Waals surface area contributed by atoms with E-state index in [-0.39, 0.29) is 0 Å². The van der Waals surface area contributed by atoms with Crippen LogP contribution in [-0.4, -0.2) is 6.29 Å². The molecule has 1 nitrogen and oxygen atoms in total. The van der Waals surface area contributed by atoms with E-state index < -0.39 is 0 Å².